The van der Waals surface area contributed by atoms with E-state index in [1.54, 1.807) is 39.2 Å². The average molecular weight is 348 g/mol. The van der Waals surface area contributed by atoms with Gasteiger partial charge in [0.2, 0.25) is 10.0 Å². The molecule has 5 nitrogen and oxygen atoms in total. The van der Waals surface area contributed by atoms with Crippen LogP contribution in [0.4, 0.5) is 0 Å². The molecule has 0 radical (unpaired) electrons. The van der Waals surface area contributed by atoms with E-state index >= 15 is 0 Å². The molecule has 0 bridgehead atoms. The number of hydrogen-bond acceptors (Lipinski definition) is 3. The van der Waals surface area contributed by atoms with Crippen molar-refractivity contribution >= 4 is 33.2 Å². The fourth-order valence-electron chi connectivity index (χ4n) is 2.00. The second-order valence-electron chi connectivity index (χ2n) is 4.76. The molecule has 114 valence electrons. The van der Waals surface area contributed by atoms with Crippen LogP contribution in [0.1, 0.15) is 29.9 Å². The number of halogens is 2. The molecule has 1 unspecified atom stereocenters. The highest BCUT2D eigenvalue weighted by Crippen LogP contribution is 2.33. The number of imidazole rings is 1. The van der Waals surface area contributed by atoms with Crippen LogP contribution in [0.2, 0.25) is 10.0 Å². The van der Waals surface area contributed by atoms with Gasteiger partial charge in [-0.1, -0.05) is 23.2 Å². The summed E-state index contributed by atoms with van der Waals surface area (Å²) < 4.78 is 27.7. The number of rotatable bonds is 4. The van der Waals surface area contributed by atoms with Gasteiger partial charge in [0.05, 0.1) is 11.1 Å². The first kappa shape index (κ1) is 16.3. The minimum Gasteiger partial charge on any atom is -0.347 e. The number of aromatic nitrogens is 2. The predicted octanol–water partition coefficient (Wildman–Crippen LogP) is 3.37. The van der Waals surface area contributed by atoms with E-state index in [1.165, 1.54) is 0 Å². The summed E-state index contributed by atoms with van der Waals surface area (Å²) in [6.07, 6.45) is 3.18. The van der Waals surface area contributed by atoms with Gasteiger partial charge >= 0.3 is 0 Å². The molecule has 2 aromatic rings. The predicted molar refractivity (Wildman–Crippen MR) is 83.3 cm³/mol. The minimum atomic E-state index is -3.82. The van der Waals surface area contributed by atoms with Crippen LogP contribution in [0.25, 0.3) is 0 Å². The smallest absolute Gasteiger partial charge is 0.243 e. The Morgan fingerprint density at radius 2 is 2.00 bits per heavy atom. The minimum absolute atomic E-state index is 0.00701. The molecule has 2 N–H and O–H groups in total. The zero-order chi connectivity index (χ0) is 15.8. The lowest BCUT2D eigenvalue weighted by atomic mass is 10.2. The van der Waals surface area contributed by atoms with E-state index in [2.05, 4.69) is 14.7 Å². The summed E-state index contributed by atoms with van der Waals surface area (Å²) in [5.41, 5.74) is 1.03. The number of benzene rings is 1. The van der Waals surface area contributed by atoms with Crippen molar-refractivity contribution < 1.29 is 8.42 Å². The molecule has 0 aliphatic rings. The van der Waals surface area contributed by atoms with Crippen molar-refractivity contribution in [1.29, 1.82) is 0 Å². The normalized spacial score (nSPS) is 13.4. The van der Waals surface area contributed by atoms with Gasteiger partial charge in [0.15, 0.2) is 0 Å². The van der Waals surface area contributed by atoms with Gasteiger partial charge in [0.1, 0.15) is 10.7 Å². The lowest BCUT2D eigenvalue weighted by molar-refractivity contribution is 0.560. The third kappa shape index (κ3) is 3.23. The van der Waals surface area contributed by atoms with Crippen molar-refractivity contribution in [3.05, 3.63) is 45.5 Å². The largest absolute Gasteiger partial charge is 0.347 e. The van der Waals surface area contributed by atoms with Gasteiger partial charge in [-0.15, -0.1) is 0 Å². The third-order valence-corrected chi connectivity index (χ3v) is 5.82. The van der Waals surface area contributed by atoms with E-state index in [9.17, 15) is 8.42 Å². The second kappa shape index (κ2) is 5.96. The van der Waals surface area contributed by atoms with Gasteiger partial charge in [0.25, 0.3) is 0 Å². The fraction of sp³-hybridized carbons (Fsp3) is 0.308. The summed E-state index contributed by atoms with van der Waals surface area (Å²) in [5, 5.41) is 0.541. The van der Waals surface area contributed by atoms with Gasteiger partial charge in [-0.25, -0.2) is 18.1 Å². The van der Waals surface area contributed by atoms with Gasteiger partial charge < -0.3 is 4.98 Å². The number of aryl methyl sites for hydroxylation is 1. The Bertz CT molecular complexity index is 732. The Balaban J connectivity index is 2.46. The maximum absolute atomic E-state index is 12.6. The van der Waals surface area contributed by atoms with Crippen molar-refractivity contribution in [2.24, 2.45) is 0 Å². The number of H-pyrrole nitrogens is 1. The number of nitrogens with zero attached hydrogens (tertiary/aromatic N) is 1. The first-order chi connectivity index (χ1) is 9.74. The van der Waals surface area contributed by atoms with Gasteiger partial charge in [-0.3, -0.25) is 0 Å². The van der Waals surface area contributed by atoms with Gasteiger partial charge in [-0.2, -0.15) is 0 Å². The SMILES string of the molecule is Cc1cc(Cl)c(C)c(S(=O)(=O)NC(C)c2ncc[nH]2)c1Cl. The molecule has 0 aliphatic heterocycles. The van der Waals surface area contributed by atoms with Crippen LogP contribution in [0, 0.1) is 13.8 Å². The Morgan fingerprint density at radius 3 is 2.57 bits per heavy atom. The van der Waals surface area contributed by atoms with Crippen LogP contribution < -0.4 is 4.72 Å². The van der Waals surface area contributed by atoms with Crippen LogP contribution in [0.15, 0.2) is 23.4 Å². The van der Waals surface area contributed by atoms with Crippen LogP contribution in [-0.4, -0.2) is 18.4 Å². The molecule has 1 aromatic heterocycles. The Hall–Kier alpha value is -1.08. The molecule has 8 heteroatoms. The number of nitrogens with one attached hydrogen (secondary N) is 2. The van der Waals surface area contributed by atoms with Crippen molar-refractivity contribution in [3.8, 4) is 0 Å². The lowest BCUT2D eigenvalue weighted by Gasteiger charge is -2.16. The summed E-state index contributed by atoms with van der Waals surface area (Å²) in [6.45, 7) is 5.03. The Labute approximate surface area is 133 Å². The molecular weight excluding hydrogens is 333 g/mol. The molecular formula is C13H15Cl2N3O2S. The van der Waals surface area contributed by atoms with E-state index in [-0.39, 0.29) is 9.92 Å². The molecule has 21 heavy (non-hydrogen) atoms. The molecule has 0 saturated carbocycles. The van der Waals surface area contributed by atoms with E-state index in [0.717, 1.165) is 0 Å². The van der Waals surface area contributed by atoms with Crippen molar-refractivity contribution in [2.45, 2.75) is 31.7 Å². The van der Waals surface area contributed by atoms with Crippen molar-refractivity contribution in [1.82, 2.24) is 14.7 Å². The summed E-state index contributed by atoms with van der Waals surface area (Å²) in [4.78, 5) is 6.91. The first-order valence-corrected chi connectivity index (χ1v) is 8.44. The molecule has 1 aromatic carbocycles. The molecule has 1 atom stereocenters. The summed E-state index contributed by atoms with van der Waals surface area (Å²) in [7, 11) is -3.82. The van der Waals surface area contributed by atoms with E-state index < -0.39 is 16.1 Å². The summed E-state index contributed by atoms with van der Waals surface area (Å²) in [5.74, 6) is 0.520. The third-order valence-electron chi connectivity index (χ3n) is 3.12. The molecule has 0 aliphatic carbocycles. The van der Waals surface area contributed by atoms with Crippen LogP contribution in [0.5, 0.6) is 0 Å². The highest BCUT2D eigenvalue weighted by atomic mass is 35.5. The maximum Gasteiger partial charge on any atom is 0.243 e. The summed E-state index contributed by atoms with van der Waals surface area (Å²) in [6, 6.07) is 1.13. The Kier molecular flexibility index (Phi) is 4.63. The average Bonchev–Trinajstić information content (AvgIpc) is 2.89. The standard InChI is InChI=1S/C13H15Cl2N3O2S/c1-7-6-10(14)8(2)12(11(7)15)21(19,20)18-9(3)13-16-4-5-17-13/h4-6,9,18H,1-3H3,(H,16,17). The molecule has 0 amide bonds. The van der Waals surface area contributed by atoms with Gasteiger partial charge in [-0.05, 0) is 38.0 Å². The number of hydrogen-bond donors (Lipinski definition) is 2. The fourth-order valence-corrected chi connectivity index (χ4v) is 4.42. The van der Waals surface area contributed by atoms with Crippen LogP contribution >= 0.6 is 23.2 Å². The molecule has 1 heterocycles. The monoisotopic (exact) mass is 347 g/mol. The van der Waals surface area contributed by atoms with E-state index in [0.29, 0.717) is 22.0 Å². The second-order valence-corrected chi connectivity index (χ2v) is 7.20. The lowest BCUT2D eigenvalue weighted by Crippen LogP contribution is -2.28. The Morgan fingerprint density at radius 1 is 1.33 bits per heavy atom. The van der Waals surface area contributed by atoms with Crippen LogP contribution in [0.3, 0.4) is 0 Å². The van der Waals surface area contributed by atoms with Gasteiger partial charge in [0, 0.05) is 17.4 Å². The molecule has 0 spiro atoms. The first-order valence-electron chi connectivity index (χ1n) is 6.21. The number of aromatic amines is 1. The highest BCUT2D eigenvalue weighted by molar-refractivity contribution is 7.89. The highest BCUT2D eigenvalue weighted by Gasteiger charge is 2.26. The molecule has 0 fully saturated rings. The quantitative estimate of drug-likeness (QED) is 0.890. The number of sulfonamides is 1. The summed E-state index contributed by atoms with van der Waals surface area (Å²) >= 11 is 12.2. The zero-order valence-electron chi connectivity index (χ0n) is 11.7. The van der Waals surface area contributed by atoms with Crippen molar-refractivity contribution in [3.63, 3.8) is 0 Å². The van der Waals surface area contributed by atoms with Crippen molar-refractivity contribution in [2.75, 3.05) is 0 Å². The van der Waals surface area contributed by atoms with E-state index in [4.69, 9.17) is 23.2 Å². The maximum atomic E-state index is 12.6. The van der Waals surface area contributed by atoms with E-state index in [1.807, 2.05) is 0 Å². The topological polar surface area (TPSA) is 74.8 Å². The zero-order valence-corrected chi connectivity index (χ0v) is 14.1. The molecule has 0 saturated heterocycles. The van der Waals surface area contributed by atoms with Crippen LogP contribution in [-0.2, 0) is 10.0 Å². The molecule has 2 rings (SSSR count).